The monoisotopic (exact) mass is 505 g/mol. The first-order valence-electron chi connectivity index (χ1n) is 11.5. The van der Waals surface area contributed by atoms with Gasteiger partial charge < -0.3 is 14.4 Å². The molecular weight excluding hydrogens is 482 g/mol. The van der Waals surface area contributed by atoms with E-state index in [9.17, 15) is 5.11 Å². The van der Waals surface area contributed by atoms with Crippen LogP contribution in [0.15, 0.2) is 71.3 Å². The van der Waals surface area contributed by atoms with Gasteiger partial charge in [0.05, 0.1) is 17.2 Å². The van der Waals surface area contributed by atoms with Crippen LogP contribution in [-0.4, -0.2) is 50.8 Å². The number of halogens is 1. The van der Waals surface area contributed by atoms with Crippen LogP contribution in [-0.2, 0) is 0 Å². The van der Waals surface area contributed by atoms with Gasteiger partial charge in [0.15, 0.2) is 5.76 Å². The first-order chi connectivity index (χ1) is 17.1. The van der Waals surface area contributed by atoms with Gasteiger partial charge in [-0.15, -0.1) is 5.10 Å². The van der Waals surface area contributed by atoms with Crippen molar-refractivity contribution in [1.82, 2.24) is 19.5 Å². The largest absolute Gasteiger partial charge is 0.492 e. The average molecular weight is 506 g/mol. The molecule has 35 heavy (non-hydrogen) atoms. The van der Waals surface area contributed by atoms with Gasteiger partial charge in [-0.2, -0.15) is 9.50 Å². The van der Waals surface area contributed by atoms with Crippen LogP contribution in [0.2, 0.25) is 5.02 Å². The summed E-state index contributed by atoms with van der Waals surface area (Å²) in [4.78, 5) is 10.9. The van der Waals surface area contributed by atoms with Crippen LogP contribution in [0.5, 0.6) is 5.88 Å². The molecule has 0 amide bonds. The molecule has 0 saturated carbocycles. The number of thiazole rings is 1. The minimum atomic E-state index is -0.0994. The minimum absolute atomic E-state index is 0.0994. The summed E-state index contributed by atoms with van der Waals surface area (Å²) in [5.74, 6) is 1.16. The number of anilines is 1. The number of aromatic nitrogens is 3. The number of benzene rings is 2. The summed E-state index contributed by atoms with van der Waals surface area (Å²) in [5, 5.41) is 16.5. The molecule has 1 saturated heterocycles. The number of fused-ring (bicyclic) bond motifs is 1. The molecule has 3 aromatic heterocycles. The molecule has 0 bridgehead atoms. The first-order valence-corrected chi connectivity index (χ1v) is 12.7. The first kappa shape index (κ1) is 22.2. The lowest BCUT2D eigenvalue weighted by Crippen LogP contribution is -2.47. The lowest BCUT2D eigenvalue weighted by Gasteiger charge is -2.40. The molecule has 1 aliphatic rings. The molecule has 178 valence electrons. The predicted molar refractivity (Wildman–Crippen MR) is 138 cm³/mol. The second-order valence-electron chi connectivity index (χ2n) is 8.71. The highest BCUT2D eigenvalue weighted by molar-refractivity contribution is 7.17. The lowest BCUT2D eigenvalue weighted by atomic mass is 10.0. The second kappa shape index (κ2) is 9.03. The molecule has 5 aromatic rings. The van der Waals surface area contributed by atoms with Crippen LogP contribution in [0.4, 0.5) is 5.69 Å². The van der Waals surface area contributed by atoms with E-state index in [1.54, 1.807) is 12.3 Å². The number of rotatable bonds is 5. The molecule has 0 spiro atoms. The van der Waals surface area contributed by atoms with Gasteiger partial charge in [-0.05, 0) is 42.8 Å². The van der Waals surface area contributed by atoms with E-state index in [-0.39, 0.29) is 11.9 Å². The maximum atomic E-state index is 11.3. The van der Waals surface area contributed by atoms with Crippen molar-refractivity contribution in [3.63, 3.8) is 0 Å². The van der Waals surface area contributed by atoms with Gasteiger partial charge >= 0.3 is 0 Å². The smallest absolute Gasteiger partial charge is 0.230 e. The van der Waals surface area contributed by atoms with Crippen LogP contribution in [0.3, 0.4) is 0 Å². The van der Waals surface area contributed by atoms with E-state index in [0.717, 1.165) is 47.3 Å². The normalized spacial score (nSPS) is 15.7. The number of hydrogen-bond donors (Lipinski definition) is 1. The number of hydrogen-bond acceptors (Lipinski definition) is 7. The quantitative estimate of drug-likeness (QED) is 0.334. The zero-order valence-corrected chi connectivity index (χ0v) is 20.7. The zero-order chi connectivity index (χ0) is 23.9. The Balaban J connectivity index is 1.33. The number of nitrogens with zero attached hydrogens (tertiary/aromatic N) is 5. The molecule has 7 nitrogen and oxygen atoms in total. The van der Waals surface area contributed by atoms with Crippen molar-refractivity contribution in [3.8, 4) is 17.5 Å². The number of aryl methyl sites for hydroxylation is 1. The van der Waals surface area contributed by atoms with Gasteiger partial charge in [-0.1, -0.05) is 58.8 Å². The molecule has 1 aliphatic heterocycles. The highest BCUT2D eigenvalue weighted by atomic mass is 35.5. The topological polar surface area (TPSA) is 70.0 Å². The van der Waals surface area contributed by atoms with Gasteiger partial charge in [0, 0.05) is 36.9 Å². The third kappa shape index (κ3) is 4.18. The Hall–Kier alpha value is -3.33. The fourth-order valence-corrected chi connectivity index (χ4v) is 5.93. The van der Waals surface area contributed by atoms with E-state index in [1.807, 2.05) is 24.3 Å². The van der Waals surface area contributed by atoms with Crippen LogP contribution in [0.1, 0.15) is 22.0 Å². The Morgan fingerprint density at radius 2 is 1.83 bits per heavy atom. The van der Waals surface area contributed by atoms with Crippen molar-refractivity contribution in [2.75, 3.05) is 31.1 Å². The Labute approximate surface area is 211 Å². The standard InChI is InChI=1S/C26H24ClN5O2S/c1-17-7-9-18(10-8-17)22(31-13-11-30(12-14-31)20-5-2-4-19(27)16-20)23-25(33)32-26(35-23)28-24(29-32)21-6-3-15-34-21/h2-10,15-16,22,33H,11-14H2,1H3/t22-/m0/s1. The number of piperazine rings is 1. The van der Waals surface area contributed by atoms with Crippen molar-refractivity contribution >= 4 is 33.6 Å². The average Bonchev–Trinajstić information content (AvgIpc) is 3.60. The summed E-state index contributed by atoms with van der Waals surface area (Å²) in [5.41, 5.74) is 3.47. The summed E-state index contributed by atoms with van der Waals surface area (Å²) in [6.07, 6.45) is 1.59. The molecule has 2 aromatic carbocycles. The Morgan fingerprint density at radius 1 is 1.03 bits per heavy atom. The molecule has 0 unspecified atom stereocenters. The Kier molecular flexibility index (Phi) is 5.72. The maximum absolute atomic E-state index is 11.3. The van der Waals surface area contributed by atoms with E-state index >= 15 is 0 Å². The highest BCUT2D eigenvalue weighted by Crippen LogP contribution is 2.41. The summed E-state index contributed by atoms with van der Waals surface area (Å²) >= 11 is 7.69. The number of furan rings is 1. The van der Waals surface area contributed by atoms with Gasteiger partial charge in [0.25, 0.3) is 0 Å². The summed E-state index contributed by atoms with van der Waals surface area (Å²) in [6, 6.07) is 20.0. The van der Waals surface area contributed by atoms with E-state index in [4.69, 9.17) is 16.0 Å². The summed E-state index contributed by atoms with van der Waals surface area (Å²) in [7, 11) is 0. The predicted octanol–water partition coefficient (Wildman–Crippen LogP) is 5.63. The third-order valence-electron chi connectivity index (χ3n) is 6.44. The Bertz CT molecular complexity index is 1450. The van der Waals surface area contributed by atoms with E-state index < -0.39 is 0 Å². The highest BCUT2D eigenvalue weighted by Gasteiger charge is 2.32. The van der Waals surface area contributed by atoms with Crippen molar-refractivity contribution < 1.29 is 9.52 Å². The van der Waals surface area contributed by atoms with E-state index in [0.29, 0.717) is 16.5 Å². The molecular formula is C26H24ClN5O2S. The van der Waals surface area contributed by atoms with Crippen LogP contribution < -0.4 is 4.90 Å². The molecule has 6 rings (SSSR count). The van der Waals surface area contributed by atoms with Crippen LogP contribution in [0.25, 0.3) is 16.5 Å². The second-order valence-corrected chi connectivity index (χ2v) is 10.2. The molecule has 1 N–H and O–H groups in total. The molecule has 4 heterocycles. The summed E-state index contributed by atoms with van der Waals surface area (Å²) < 4.78 is 6.94. The van der Waals surface area contributed by atoms with Crippen molar-refractivity contribution in [1.29, 1.82) is 0 Å². The fraction of sp³-hybridized carbons (Fsp3) is 0.231. The number of aromatic hydroxyl groups is 1. The van der Waals surface area contributed by atoms with Crippen LogP contribution >= 0.6 is 22.9 Å². The third-order valence-corrected chi connectivity index (χ3v) is 7.74. The van der Waals surface area contributed by atoms with Gasteiger partial charge in [-0.3, -0.25) is 4.90 Å². The molecule has 1 fully saturated rings. The zero-order valence-electron chi connectivity index (χ0n) is 19.1. The van der Waals surface area contributed by atoms with E-state index in [2.05, 4.69) is 57.1 Å². The lowest BCUT2D eigenvalue weighted by molar-refractivity contribution is 0.211. The van der Waals surface area contributed by atoms with Crippen molar-refractivity contribution in [2.24, 2.45) is 0 Å². The van der Waals surface area contributed by atoms with E-state index in [1.165, 1.54) is 21.4 Å². The minimum Gasteiger partial charge on any atom is -0.492 e. The SMILES string of the molecule is Cc1ccc([C@@H](c2sc3nc(-c4ccco4)nn3c2O)N2CCN(c3cccc(Cl)c3)CC2)cc1. The van der Waals surface area contributed by atoms with Crippen molar-refractivity contribution in [3.05, 3.63) is 88.0 Å². The van der Waals surface area contributed by atoms with Crippen molar-refractivity contribution in [2.45, 2.75) is 13.0 Å². The summed E-state index contributed by atoms with van der Waals surface area (Å²) in [6.45, 7) is 5.50. The molecule has 0 aliphatic carbocycles. The molecule has 0 radical (unpaired) electrons. The fourth-order valence-electron chi connectivity index (χ4n) is 4.63. The van der Waals surface area contributed by atoms with Gasteiger partial charge in [0.2, 0.25) is 16.7 Å². The van der Waals surface area contributed by atoms with Gasteiger partial charge in [-0.25, -0.2) is 0 Å². The van der Waals surface area contributed by atoms with Crippen LogP contribution in [0, 0.1) is 6.92 Å². The maximum Gasteiger partial charge on any atom is 0.230 e. The molecule has 1 atom stereocenters. The molecule has 9 heteroatoms. The van der Waals surface area contributed by atoms with Gasteiger partial charge in [0.1, 0.15) is 0 Å². The Morgan fingerprint density at radius 3 is 2.51 bits per heavy atom.